The number of hydrogen-bond donors (Lipinski definition) is 2. The fourth-order valence-electron chi connectivity index (χ4n) is 2.40. The second-order valence-electron chi connectivity index (χ2n) is 5.76. The highest BCUT2D eigenvalue weighted by molar-refractivity contribution is 14.0. The number of benzene rings is 2. The maximum Gasteiger partial charge on any atom is 0.573 e. The molecule has 160 valence electrons. The van der Waals surface area contributed by atoms with Gasteiger partial charge in [0.1, 0.15) is 5.75 Å². The van der Waals surface area contributed by atoms with E-state index >= 15 is 0 Å². The molecule has 0 fully saturated rings. The number of halogens is 4. The largest absolute Gasteiger partial charge is 0.573 e. The Kier molecular flexibility index (Phi) is 9.86. The van der Waals surface area contributed by atoms with Crippen molar-refractivity contribution in [2.24, 2.45) is 10.7 Å². The second-order valence-corrected chi connectivity index (χ2v) is 5.76. The van der Waals surface area contributed by atoms with Gasteiger partial charge in [-0.1, -0.05) is 18.2 Å². The van der Waals surface area contributed by atoms with Crippen LogP contribution < -0.4 is 25.3 Å². The Hall–Kier alpha value is -2.37. The first-order chi connectivity index (χ1) is 13.3. The van der Waals surface area contributed by atoms with E-state index < -0.39 is 6.36 Å². The summed E-state index contributed by atoms with van der Waals surface area (Å²) in [5.74, 6) is 1.26. The summed E-state index contributed by atoms with van der Waals surface area (Å²) in [6, 6.07) is 11.2. The molecule has 0 aromatic heterocycles. The van der Waals surface area contributed by atoms with E-state index in [9.17, 15) is 13.2 Å². The number of alkyl halides is 3. The molecule has 0 aliphatic carbocycles. The number of ether oxygens (including phenoxy) is 3. The van der Waals surface area contributed by atoms with E-state index in [0.29, 0.717) is 31.0 Å². The van der Waals surface area contributed by atoms with E-state index in [1.54, 1.807) is 32.4 Å². The molecule has 0 atom stereocenters. The lowest BCUT2D eigenvalue weighted by Crippen LogP contribution is -2.33. The molecular formula is C19H23F3IN3O3. The lowest BCUT2D eigenvalue weighted by Gasteiger charge is -2.10. The van der Waals surface area contributed by atoms with Gasteiger partial charge in [-0.2, -0.15) is 0 Å². The van der Waals surface area contributed by atoms with Crippen LogP contribution in [0.4, 0.5) is 13.2 Å². The molecule has 29 heavy (non-hydrogen) atoms. The summed E-state index contributed by atoms with van der Waals surface area (Å²) < 4.78 is 50.7. The average molecular weight is 525 g/mol. The number of rotatable bonds is 8. The fourth-order valence-corrected chi connectivity index (χ4v) is 2.40. The van der Waals surface area contributed by atoms with Gasteiger partial charge in [0.05, 0.1) is 20.8 Å². The third-order valence-corrected chi connectivity index (χ3v) is 3.76. The quantitative estimate of drug-likeness (QED) is 0.311. The SMILES string of the molecule is COc1ccc(CN=C(N)NCCc2ccc(OC(F)(F)F)cc2)cc1OC.I. The van der Waals surface area contributed by atoms with Gasteiger partial charge in [-0.25, -0.2) is 4.99 Å². The number of nitrogens with two attached hydrogens (primary N) is 1. The van der Waals surface area contributed by atoms with Crippen LogP contribution in [0, 0.1) is 0 Å². The fraction of sp³-hybridized carbons (Fsp3) is 0.316. The predicted octanol–water partition coefficient (Wildman–Crippen LogP) is 3.87. The predicted molar refractivity (Wildman–Crippen MR) is 115 cm³/mol. The van der Waals surface area contributed by atoms with Gasteiger partial charge in [0.15, 0.2) is 17.5 Å². The summed E-state index contributed by atoms with van der Waals surface area (Å²) in [5.41, 5.74) is 7.59. The maximum atomic E-state index is 12.1. The van der Waals surface area contributed by atoms with E-state index in [-0.39, 0.29) is 35.7 Å². The molecule has 0 amide bonds. The van der Waals surface area contributed by atoms with E-state index in [0.717, 1.165) is 11.1 Å². The monoisotopic (exact) mass is 525 g/mol. The van der Waals surface area contributed by atoms with Gasteiger partial charge in [-0.3, -0.25) is 0 Å². The van der Waals surface area contributed by atoms with Gasteiger partial charge in [0.2, 0.25) is 0 Å². The molecule has 0 unspecified atom stereocenters. The van der Waals surface area contributed by atoms with Gasteiger partial charge < -0.3 is 25.3 Å². The normalized spacial score (nSPS) is 11.4. The highest BCUT2D eigenvalue weighted by Gasteiger charge is 2.30. The Morgan fingerprint density at radius 3 is 2.21 bits per heavy atom. The van der Waals surface area contributed by atoms with Crippen molar-refractivity contribution < 1.29 is 27.4 Å². The van der Waals surface area contributed by atoms with Gasteiger partial charge in [-0.15, -0.1) is 37.1 Å². The Bertz CT molecular complexity index is 800. The number of guanidine groups is 1. The zero-order valence-electron chi connectivity index (χ0n) is 16.0. The summed E-state index contributed by atoms with van der Waals surface area (Å²) in [7, 11) is 3.12. The van der Waals surface area contributed by atoms with Crippen molar-refractivity contribution in [3.63, 3.8) is 0 Å². The molecule has 0 saturated carbocycles. The van der Waals surface area contributed by atoms with Gasteiger partial charge in [-0.05, 0) is 41.8 Å². The molecule has 0 radical (unpaired) electrons. The van der Waals surface area contributed by atoms with E-state index in [2.05, 4.69) is 15.0 Å². The molecule has 0 spiro atoms. The third kappa shape index (κ3) is 8.67. The Morgan fingerprint density at radius 2 is 1.62 bits per heavy atom. The first-order valence-electron chi connectivity index (χ1n) is 8.40. The molecule has 0 aliphatic rings. The number of methoxy groups -OCH3 is 2. The van der Waals surface area contributed by atoms with Gasteiger partial charge in [0.25, 0.3) is 0 Å². The summed E-state index contributed by atoms with van der Waals surface area (Å²) in [4.78, 5) is 4.25. The van der Waals surface area contributed by atoms with Crippen LogP contribution in [-0.4, -0.2) is 33.1 Å². The molecule has 6 nitrogen and oxygen atoms in total. The second kappa shape index (κ2) is 11.6. The minimum atomic E-state index is -4.69. The smallest absolute Gasteiger partial charge is 0.493 e. The van der Waals surface area contributed by atoms with Crippen LogP contribution in [0.2, 0.25) is 0 Å². The Balaban J connectivity index is 0.00000420. The molecule has 2 aromatic rings. The molecule has 0 bridgehead atoms. The average Bonchev–Trinajstić information content (AvgIpc) is 2.66. The summed E-state index contributed by atoms with van der Waals surface area (Å²) in [6.07, 6.45) is -4.12. The van der Waals surface area contributed by atoms with E-state index in [1.165, 1.54) is 12.1 Å². The highest BCUT2D eigenvalue weighted by atomic mass is 127. The van der Waals surface area contributed by atoms with Gasteiger partial charge in [0, 0.05) is 6.54 Å². The molecule has 10 heteroatoms. The van der Waals surface area contributed by atoms with Crippen molar-refractivity contribution in [3.8, 4) is 17.2 Å². The number of aliphatic imine (C=N–C) groups is 1. The summed E-state index contributed by atoms with van der Waals surface area (Å²) in [5, 5.41) is 2.97. The molecule has 3 N–H and O–H groups in total. The number of hydrogen-bond acceptors (Lipinski definition) is 4. The Labute approximate surface area is 184 Å². The first kappa shape index (κ1) is 24.7. The minimum absolute atomic E-state index is 0. The first-order valence-corrected chi connectivity index (χ1v) is 8.40. The third-order valence-electron chi connectivity index (χ3n) is 3.76. The Morgan fingerprint density at radius 1 is 1.00 bits per heavy atom. The van der Waals surface area contributed by atoms with Crippen molar-refractivity contribution >= 4 is 29.9 Å². The molecule has 0 saturated heterocycles. The van der Waals surface area contributed by atoms with E-state index in [4.69, 9.17) is 15.2 Å². The van der Waals surface area contributed by atoms with Crippen LogP contribution in [-0.2, 0) is 13.0 Å². The number of nitrogens with zero attached hydrogens (tertiary/aromatic N) is 1. The van der Waals surface area contributed by atoms with Crippen molar-refractivity contribution in [2.45, 2.75) is 19.3 Å². The molecule has 2 rings (SSSR count). The highest BCUT2D eigenvalue weighted by Crippen LogP contribution is 2.27. The minimum Gasteiger partial charge on any atom is -0.493 e. The van der Waals surface area contributed by atoms with Crippen molar-refractivity contribution in [3.05, 3.63) is 53.6 Å². The summed E-state index contributed by atoms with van der Waals surface area (Å²) >= 11 is 0. The van der Waals surface area contributed by atoms with Crippen molar-refractivity contribution in [1.82, 2.24) is 5.32 Å². The lowest BCUT2D eigenvalue weighted by atomic mass is 10.1. The van der Waals surface area contributed by atoms with Gasteiger partial charge >= 0.3 is 6.36 Å². The topological polar surface area (TPSA) is 78.1 Å². The van der Waals surface area contributed by atoms with E-state index in [1.807, 2.05) is 12.1 Å². The zero-order chi connectivity index (χ0) is 20.6. The standard InChI is InChI=1S/C19H22F3N3O3.HI/c1-26-16-8-5-14(11-17(16)27-2)12-25-18(23)24-10-9-13-3-6-15(7-4-13)28-19(20,21)22;/h3-8,11H,9-10,12H2,1-2H3,(H3,23,24,25);1H. The van der Waals surface area contributed by atoms with Crippen LogP contribution >= 0.6 is 24.0 Å². The van der Waals surface area contributed by atoms with Crippen LogP contribution in [0.15, 0.2) is 47.5 Å². The molecule has 2 aromatic carbocycles. The zero-order valence-corrected chi connectivity index (χ0v) is 18.3. The number of nitrogens with one attached hydrogen (secondary N) is 1. The van der Waals surface area contributed by atoms with Crippen molar-refractivity contribution in [1.29, 1.82) is 0 Å². The van der Waals surface area contributed by atoms with Crippen LogP contribution in [0.1, 0.15) is 11.1 Å². The van der Waals surface area contributed by atoms with Crippen molar-refractivity contribution in [2.75, 3.05) is 20.8 Å². The summed E-state index contributed by atoms with van der Waals surface area (Å²) in [6.45, 7) is 0.851. The van der Waals surface area contributed by atoms with Crippen LogP contribution in [0.5, 0.6) is 17.2 Å². The maximum absolute atomic E-state index is 12.1. The molecular weight excluding hydrogens is 502 g/mol. The van der Waals surface area contributed by atoms with Crippen LogP contribution in [0.25, 0.3) is 0 Å². The lowest BCUT2D eigenvalue weighted by molar-refractivity contribution is -0.274. The molecule has 0 aliphatic heterocycles. The molecule has 0 heterocycles. The van der Waals surface area contributed by atoms with Crippen LogP contribution in [0.3, 0.4) is 0 Å².